The van der Waals surface area contributed by atoms with E-state index < -0.39 is 10.0 Å². The molecular weight excluding hydrogens is 374 g/mol. The number of hydrogen-bond donors (Lipinski definition) is 3. The second-order valence-electron chi connectivity index (χ2n) is 5.87. The van der Waals surface area contributed by atoms with Gasteiger partial charge in [-0.25, -0.2) is 13.2 Å². The molecule has 0 spiro atoms. The SMILES string of the molecule is CCCS(=O)(=O)Nc1cccc(NC(=O)NC(C)c2ccc(Cl)cc2)c1. The third-order valence-corrected chi connectivity index (χ3v) is 5.33. The van der Waals surface area contributed by atoms with Crippen molar-refractivity contribution in [3.05, 3.63) is 59.1 Å². The predicted molar refractivity (Wildman–Crippen MR) is 106 cm³/mol. The number of carbonyl (C=O) groups is 1. The molecule has 6 nitrogen and oxygen atoms in total. The zero-order chi connectivity index (χ0) is 19.2. The van der Waals surface area contributed by atoms with Crippen molar-refractivity contribution in [3.8, 4) is 0 Å². The first kappa shape index (κ1) is 20.1. The zero-order valence-electron chi connectivity index (χ0n) is 14.6. The van der Waals surface area contributed by atoms with Crippen LogP contribution in [0.1, 0.15) is 31.9 Å². The molecule has 0 heterocycles. The number of benzene rings is 2. The van der Waals surface area contributed by atoms with Gasteiger partial charge >= 0.3 is 6.03 Å². The third kappa shape index (κ3) is 6.24. The number of halogens is 1. The third-order valence-electron chi connectivity index (χ3n) is 3.58. The quantitative estimate of drug-likeness (QED) is 0.650. The number of carbonyl (C=O) groups excluding carboxylic acids is 1. The molecule has 140 valence electrons. The summed E-state index contributed by atoms with van der Waals surface area (Å²) in [5.74, 6) is 0.0454. The number of urea groups is 1. The Morgan fingerprint density at radius 2 is 1.77 bits per heavy atom. The molecule has 0 fully saturated rings. The van der Waals surface area contributed by atoms with Crippen LogP contribution in [0.2, 0.25) is 5.02 Å². The van der Waals surface area contributed by atoms with Gasteiger partial charge in [-0.1, -0.05) is 36.7 Å². The van der Waals surface area contributed by atoms with E-state index in [0.717, 1.165) is 5.56 Å². The molecule has 2 rings (SSSR count). The Hall–Kier alpha value is -2.25. The van der Waals surface area contributed by atoms with Gasteiger partial charge in [0.15, 0.2) is 0 Å². The van der Waals surface area contributed by atoms with E-state index >= 15 is 0 Å². The van der Waals surface area contributed by atoms with Gasteiger partial charge in [-0.05, 0) is 49.2 Å². The lowest BCUT2D eigenvalue weighted by atomic mass is 10.1. The first-order valence-corrected chi connectivity index (χ1v) is 10.3. The second-order valence-corrected chi connectivity index (χ2v) is 8.15. The van der Waals surface area contributed by atoms with E-state index in [0.29, 0.717) is 22.8 Å². The molecule has 1 unspecified atom stereocenters. The molecule has 1 atom stereocenters. The summed E-state index contributed by atoms with van der Waals surface area (Å²) >= 11 is 5.86. The van der Waals surface area contributed by atoms with Gasteiger partial charge < -0.3 is 10.6 Å². The number of hydrogen-bond acceptors (Lipinski definition) is 3. The first-order valence-electron chi connectivity index (χ1n) is 8.22. The fraction of sp³-hybridized carbons (Fsp3) is 0.278. The summed E-state index contributed by atoms with van der Waals surface area (Å²) in [5, 5.41) is 6.15. The van der Waals surface area contributed by atoms with Crippen LogP contribution in [0.5, 0.6) is 0 Å². The van der Waals surface area contributed by atoms with Crippen LogP contribution in [0.4, 0.5) is 16.2 Å². The Labute approximate surface area is 159 Å². The van der Waals surface area contributed by atoms with Gasteiger partial charge in [0.2, 0.25) is 10.0 Å². The number of rotatable bonds is 7. The fourth-order valence-electron chi connectivity index (χ4n) is 2.36. The molecular formula is C18H22ClN3O3S. The number of nitrogens with one attached hydrogen (secondary N) is 3. The maximum absolute atomic E-state index is 12.2. The van der Waals surface area contributed by atoms with Crippen molar-refractivity contribution in [1.82, 2.24) is 5.32 Å². The Balaban J connectivity index is 1.98. The summed E-state index contributed by atoms with van der Waals surface area (Å²) in [6, 6.07) is 13.2. The zero-order valence-corrected chi connectivity index (χ0v) is 16.2. The molecule has 2 amide bonds. The van der Waals surface area contributed by atoms with Crippen molar-refractivity contribution in [2.45, 2.75) is 26.3 Å². The molecule has 2 aromatic carbocycles. The minimum atomic E-state index is -3.38. The molecule has 0 saturated carbocycles. The lowest BCUT2D eigenvalue weighted by molar-refractivity contribution is 0.249. The van der Waals surface area contributed by atoms with Gasteiger partial charge in [-0.3, -0.25) is 4.72 Å². The minimum Gasteiger partial charge on any atom is -0.331 e. The molecule has 26 heavy (non-hydrogen) atoms. The lowest BCUT2D eigenvalue weighted by Crippen LogP contribution is -2.31. The maximum Gasteiger partial charge on any atom is 0.319 e. The molecule has 0 aliphatic carbocycles. The van der Waals surface area contributed by atoms with Crippen LogP contribution < -0.4 is 15.4 Å². The van der Waals surface area contributed by atoms with Crippen LogP contribution in [0.25, 0.3) is 0 Å². The summed E-state index contributed by atoms with van der Waals surface area (Å²) < 4.78 is 26.2. The highest BCUT2D eigenvalue weighted by atomic mass is 35.5. The van der Waals surface area contributed by atoms with E-state index in [2.05, 4.69) is 15.4 Å². The van der Waals surface area contributed by atoms with Gasteiger partial charge in [-0.2, -0.15) is 0 Å². The van der Waals surface area contributed by atoms with Crippen molar-refractivity contribution >= 4 is 39.0 Å². The van der Waals surface area contributed by atoms with E-state index in [1.54, 1.807) is 43.3 Å². The van der Waals surface area contributed by atoms with E-state index in [1.807, 2.05) is 19.1 Å². The molecule has 0 radical (unpaired) electrons. The number of amides is 2. The number of anilines is 2. The van der Waals surface area contributed by atoms with Crippen LogP contribution in [-0.4, -0.2) is 20.2 Å². The summed E-state index contributed by atoms with van der Waals surface area (Å²) in [7, 11) is -3.38. The molecule has 8 heteroatoms. The smallest absolute Gasteiger partial charge is 0.319 e. The average Bonchev–Trinajstić information content (AvgIpc) is 2.54. The highest BCUT2D eigenvalue weighted by molar-refractivity contribution is 7.92. The van der Waals surface area contributed by atoms with E-state index in [1.165, 1.54) is 0 Å². The van der Waals surface area contributed by atoms with Crippen LogP contribution in [0.15, 0.2) is 48.5 Å². The van der Waals surface area contributed by atoms with Crippen LogP contribution in [-0.2, 0) is 10.0 Å². The molecule has 2 aromatic rings. The van der Waals surface area contributed by atoms with Crippen molar-refractivity contribution in [3.63, 3.8) is 0 Å². The monoisotopic (exact) mass is 395 g/mol. The average molecular weight is 396 g/mol. The number of sulfonamides is 1. The predicted octanol–water partition coefficient (Wildman–Crippen LogP) is 4.37. The summed E-state index contributed by atoms with van der Waals surface area (Å²) in [4.78, 5) is 12.2. The topological polar surface area (TPSA) is 87.3 Å². The highest BCUT2D eigenvalue weighted by Crippen LogP contribution is 2.18. The Morgan fingerprint density at radius 3 is 2.42 bits per heavy atom. The van der Waals surface area contributed by atoms with Crippen molar-refractivity contribution in [2.75, 3.05) is 15.8 Å². The van der Waals surface area contributed by atoms with Gasteiger partial charge in [-0.15, -0.1) is 0 Å². The minimum absolute atomic E-state index is 0.0454. The standard InChI is InChI=1S/C18H22ClN3O3S/c1-3-11-26(24,25)22-17-6-4-5-16(12-17)21-18(23)20-13(2)14-7-9-15(19)10-8-14/h4-10,12-13,22H,3,11H2,1-2H3,(H2,20,21,23). The van der Waals surface area contributed by atoms with E-state index in [-0.39, 0.29) is 17.8 Å². The molecule has 0 bridgehead atoms. The Bertz CT molecular complexity index is 854. The van der Waals surface area contributed by atoms with Crippen molar-refractivity contribution in [2.24, 2.45) is 0 Å². The Morgan fingerprint density at radius 1 is 1.12 bits per heavy atom. The van der Waals surface area contributed by atoms with Crippen LogP contribution >= 0.6 is 11.6 Å². The molecule has 0 aliphatic heterocycles. The molecule has 0 aromatic heterocycles. The van der Waals surface area contributed by atoms with Gasteiger partial charge in [0.25, 0.3) is 0 Å². The molecule has 3 N–H and O–H groups in total. The highest BCUT2D eigenvalue weighted by Gasteiger charge is 2.11. The maximum atomic E-state index is 12.2. The lowest BCUT2D eigenvalue weighted by Gasteiger charge is -2.15. The van der Waals surface area contributed by atoms with E-state index in [9.17, 15) is 13.2 Å². The van der Waals surface area contributed by atoms with E-state index in [4.69, 9.17) is 11.6 Å². The van der Waals surface area contributed by atoms with Crippen molar-refractivity contribution < 1.29 is 13.2 Å². The summed E-state index contributed by atoms with van der Waals surface area (Å²) in [5.41, 5.74) is 1.81. The summed E-state index contributed by atoms with van der Waals surface area (Å²) in [6.07, 6.45) is 0.526. The first-order chi connectivity index (χ1) is 12.3. The van der Waals surface area contributed by atoms with Gasteiger partial charge in [0.05, 0.1) is 17.5 Å². The second kappa shape index (κ2) is 8.91. The fourth-order valence-corrected chi connectivity index (χ4v) is 3.61. The van der Waals surface area contributed by atoms with Gasteiger partial charge in [0, 0.05) is 10.7 Å². The molecule has 0 saturated heterocycles. The molecule has 0 aliphatic rings. The summed E-state index contributed by atoms with van der Waals surface area (Å²) in [6.45, 7) is 3.65. The Kier molecular flexibility index (Phi) is 6.88. The van der Waals surface area contributed by atoms with Gasteiger partial charge in [0.1, 0.15) is 0 Å². The largest absolute Gasteiger partial charge is 0.331 e. The van der Waals surface area contributed by atoms with Crippen molar-refractivity contribution in [1.29, 1.82) is 0 Å². The van der Waals surface area contributed by atoms with Crippen LogP contribution in [0.3, 0.4) is 0 Å². The van der Waals surface area contributed by atoms with Crippen LogP contribution in [0, 0.1) is 0 Å². The normalized spacial score (nSPS) is 12.3.